The van der Waals surface area contributed by atoms with E-state index in [2.05, 4.69) is 10.6 Å². The predicted octanol–water partition coefficient (Wildman–Crippen LogP) is 4.11. The van der Waals surface area contributed by atoms with Gasteiger partial charge in [-0.3, -0.25) is 9.59 Å². The highest BCUT2D eigenvalue weighted by Crippen LogP contribution is 2.38. The number of thiophene rings is 1. The van der Waals surface area contributed by atoms with Crippen molar-refractivity contribution in [1.29, 1.82) is 0 Å². The second kappa shape index (κ2) is 7.91. The van der Waals surface area contributed by atoms with Crippen molar-refractivity contribution in [3.8, 4) is 5.75 Å². The Morgan fingerprint density at radius 3 is 2.54 bits per heavy atom. The zero-order valence-corrected chi connectivity index (χ0v) is 15.9. The van der Waals surface area contributed by atoms with Crippen molar-refractivity contribution in [3.05, 3.63) is 45.8 Å². The van der Waals surface area contributed by atoms with Gasteiger partial charge in [-0.2, -0.15) is 0 Å². The molecule has 0 aliphatic heterocycles. The van der Waals surface area contributed by atoms with E-state index in [-0.39, 0.29) is 23.3 Å². The number of phenols is 1. The number of rotatable bonds is 4. The van der Waals surface area contributed by atoms with Crippen LogP contribution < -0.4 is 10.6 Å². The molecular formula is C20H24N2O3S. The van der Waals surface area contributed by atoms with Gasteiger partial charge in [0.2, 0.25) is 0 Å². The highest BCUT2D eigenvalue weighted by Gasteiger charge is 2.26. The molecule has 2 amide bonds. The molecule has 1 heterocycles. The Kier molecular flexibility index (Phi) is 5.61. The van der Waals surface area contributed by atoms with Gasteiger partial charge in [-0.25, -0.2) is 0 Å². The highest BCUT2D eigenvalue weighted by molar-refractivity contribution is 7.17. The molecule has 3 N–H and O–H groups in total. The van der Waals surface area contributed by atoms with Gasteiger partial charge in [0, 0.05) is 10.9 Å². The second-order valence-corrected chi connectivity index (χ2v) is 7.97. The fourth-order valence-corrected chi connectivity index (χ4v) is 4.52. The summed E-state index contributed by atoms with van der Waals surface area (Å²) < 4.78 is 0. The van der Waals surface area contributed by atoms with Crippen LogP contribution in [0.3, 0.4) is 0 Å². The van der Waals surface area contributed by atoms with Gasteiger partial charge in [-0.15, -0.1) is 11.3 Å². The maximum atomic E-state index is 12.8. The summed E-state index contributed by atoms with van der Waals surface area (Å²) in [7, 11) is 0. The summed E-state index contributed by atoms with van der Waals surface area (Å²) in [6.45, 7) is 3.84. The minimum Gasteiger partial charge on any atom is -0.507 e. The Labute approximate surface area is 157 Å². The number of anilines is 1. The van der Waals surface area contributed by atoms with Gasteiger partial charge in [-0.1, -0.05) is 18.6 Å². The summed E-state index contributed by atoms with van der Waals surface area (Å²) >= 11 is 1.49. The van der Waals surface area contributed by atoms with Crippen LogP contribution in [0.2, 0.25) is 0 Å². The zero-order valence-electron chi connectivity index (χ0n) is 15.1. The molecule has 2 aromatic rings. The lowest BCUT2D eigenvalue weighted by atomic mass is 10.0. The minimum absolute atomic E-state index is 0.0190. The summed E-state index contributed by atoms with van der Waals surface area (Å²) in [5.41, 5.74) is 1.86. The average Bonchev–Trinajstić information content (AvgIpc) is 2.75. The van der Waals surface area contributed by atoms with Gasteiger partial charge < -0.3 is 15.7 Å². The molecule has 0 radical (unpaired) electrons. The van der Waals surface area contributed by atoms with Crippen LogP contribution in [0.15, 0.2) is 24.3 Å². The normalized spacial score (nSPS) is 13.8. The van der Waals surface area contributed by atoms with E-state index in [4.69, 9.17) is 0 Å². The van der Waals surface area contributed by atoms with E-state index in [9.17, 15) is 14.7 Å². The first-order valence-electron chi connectivity index (χ1n) is 9.02. The van der Waals surface area contributed by atoms with Crippen LogP contribution in [0.25, 0.3) is 0 Å². The lowest BCUT2D eigenvalue weighted by Gasteiger charge is -2.12. The summed E-state index contributed by atoms with van der Waals surface area (Å²) in [6, 6.07) is 6.43. The van der Waals surface area contributed by atoms with Crippen LogP contribution in [0, 0.1) is 0 Å². The largest absolute Gasteiger partial charge is 0.507 e. The van der Waals surface area contributed by atoms with E-state index < -0.39 is 5.91 Å². The topological polar surface area (TPSA) is 78.4 Å². The first-order chi connectivity index (χ1) is 12.5. The molecule has 1 aliphatic rings. The van der Waals surface area contributed by atoms with Crippen molar-refractivity contribution in [2.24, 2.45) is 0 Å². The Bertz CT molecular complexity index is 826. The molecular weight excluding hydrogens is 348 g/mol. The highest BCUT2D eigenvalue weighted by atomic mass is 32.1. The molecule has 26 heavy (non-hydrogen) atoms. The van der Waals surface area contributed by atoms with Crippen LogP contribution in [-0.4, -0.2) is 23.0 Å². The molecule has 0 spiro atoms. The van der Waals surface area contributed by atoms with Crippen LogP contribution in [0.1, 0.15) is 64.3 Å². The number of benzene rings is 1. The molecule has 0 bridgehead atoms. The van der Waals surface area contributed by atoms with Gasteiger partial charge in [-0.05, 0) is 57.2 Å². The SMILES string of the molecule is CC(C)NC(=O)c1c(NC(=O)c2ccccc2O)sc2c1CCCCC2. The molecule has 1 aliphatic carbocycles. The number of nitrogens with one attached hydrogen (secondary N) is 2. The van der Waals surface area contributed by atoms with E-state index >= 15 is 0 Å². The molecule has 0 saturated heterocycles. The molecule has 0 saturated carbocycles. The molecule has 5 nitrogen and oxygen atoms in total. The third kappa shape index (κ3) is 3.90. The van der Waals surface area contributed by atoms with E-state index in [0.717, 1.165) is 37.7 Å². The van der Waals surface area contributed by atoms with Gasteiger partial charge in [0.1, 0.15) is 10.8 Å². The number of aromatic hydroxyl groups is 1. The first kappa shape index (κ1) is 18.5. The Balaban J connectivity index is 1.96. The second-order valence-electron chi connectivity index (χ2n) is 6.87. The summed E-state index contributed by atoms with van der Waals surface area (Å²) in [5, 5.41) is 16.3. The van der Waals surface area contributed by atoms with Crippen LogP contribution in [0.4, 0.5) is 5.00 Å². The Morgan fingerprint density at radius 2 is 1.81 bits per heavy atom. The number of phenolic OH excluding ortho intramolecular Hbond substituents is 1. The Morgan fingerprint density at radius 1 is 1.08 bits per heavy atom. The van der Waals surface area contributed by atoms with Crippen LogP contribution >= 0.6 is 11.3 Å². The minimum atomic E-state index is -0.405. The molecule has 0 atom stereocenters. The smallest absolute Gasteiger partial charge is 0.260 e. The van der Waals surface area contributed by atoms with Crippen molar-refractivity contribution in [3.63, 3.8) is 0 Å². The average molecular weight is 372 g/mol. The van der Waals surface area contributed by atoms with E-state index in [0.29, 0.717) is 10.6 Å². The fourth-order valence-electron chi connectivity index (χ4n) is 3.24. The Hall–Kier alpha value is -2.34. The standard InChI is InChI=1S/C20H24N2O3S/c1-12(2)21-19(25)17-14-9-4-3-5-11-16(14)26-20(17)22-18(24)13-8-6-7-10-15(13)23/h6-8,10,12,23H,3-5,9,11H2,1-2H3,(H,21,25)(H,22,24). The maximum Gasteiger partial charge on any atom is 0.260 e. The van der Waals surface area contributed by atoms with Crippen LogP contribution in [0.5, 0.6) is 5.75 Å². The molecule has 1 aromatic heterocycles. The zero-order chi connectivity index (χ0) is 18.7. The third-order valence-electron chi connectivity index (χ3n) is 4.44. The van der Waals surface area contributed by atoms with Crippen molar-refractivity contribution in [1.82, 2.24) is 5.32 Å². The van der Waals surface area contributed by atoms with Crippen molar-refractivity contribution in [2.45, 2.75) is 52.0 Å². The fraction of sp³-hybridized carbons (Fsp3) is 0.400. The van der Waals surface area contributed by atoms with Crippen LogP contribution in [-0.2, 0) is 12.8 Å². The number of carbonyl (C=O) groups excluding carboxylic acids is 2. The summed E-state index contributed by atoms with van der Waals surface area (Å²) in [5.74, 6) is -0.624. The van der Waals surface area contributed by atoms with Gasteiger partial charge in [0.25, 0.3) is 11.8 Å². The van der Waals surface area contributed by atoms with Gasteiger partial charge in [0.05, 0.1) is 11.1 Å². The molecule has 0 unspecified atom stereocenters. The quantitative estimate of drug-likeness (QED) is 0.707. The van der Waals surface area contributed by atoms with Crippen molar-refractivity contribution >= 4 is 28.2 Å². The lowest BCUT2D eigenvalue weighted by molar-refractivity contribution is 0.0943. The monoisotopic (exact) mass is 372 g/mol. The number of para-hydroxylation sites is 1. The predicted molar refractivity (Wildman–Crippen MR) is 104 cm³/mol. The molecule has 1 aromatic carbocycles. The third-order valence-corrected chi connectivity index (χ3v) is 5.65. The first-order valence-corrected chi connectivity index (χ1v) is 9.83. The number of hydrogen-bond acceptors (Lipinski definition) is 4. The van der Waals surface area contributed by atoms with Gasteiger partial charge >= 0.3 is 0 Å². The molecule has 3 rings (SSSR count). The van der Waals surface area contributed by atoms with E-state index in [1.54, 1.807) is 18.2 Å². The lowest BCUT2D eigenvalue weighted by Crippen LogP contribution is -2.31. The number of hydrogen-bond donors (Lipinski definition) is 3. The number of aryl methyl sites for hydroxylation is 1. The number of carbonyl (C=O) groups is 2. The maximum absolute atomic E-state index is 12.8. The summed E-state index contributed by atoms with van der Waals surface area (Å²) in [6.07, 6.45) is 5.12. The number of amides is 2. The van der Waals surface area contributed by atoms with Crippen molar-refractivity contribution in [2.75, 3.05) is 5.32 Å². The summed E-state index contributed by atoms with van der Waals surface area (Å²) in [4.78, 5) is 26.6. The molecule has 6 heteroatoms. The van der Waals surface area contributed by atoms with E-state index in [1.807, 2.05) is 13.8 Å². The van der Waals surface area contributed by atoms with Crippen molar-refractivity contribution < 1.29 is 14.7 Å². The molecule has 0 fully saturated rings. The molecule has 138 valence electrons. The van der Waals surface area contributed by atoms with Gasteiger partial charge in [0.15, 0.2) is 0 Å². The van der Waals surface area contributed by atoms with E-state index in [1.165, 1.54) is 22.3 Å². The number of fused-ring (bicyclic) bond motifs is 1.